The van der Waals surface area contributed by atoms with Gasteiger partial charge in [-0.3, -0.25) is 9.79 Å². The topological polar surface area (TPSA) is 108 Å². The third-order valence-electron chi connectivity index (χ3n) is 4.42. The quantitative estimate of drug-likeness (QED) is 0.591. The molecule has 168 valence electrons. The predicted molar refractivity (Wildman–Crippen MR) is 113 cm³/mol. The van der Waals surface area contributed by atoms with Crippen molar-refractivity contribution in [2.75, 3.05) is 38.9 Å². The second-order valence-corrected chi connectivity index (χ2v) is 6.58. The zero-order chi connectivity index (χ0) is 21.6. The Morgan fingerprint density at radius 3 is 2.77 bits per heavy atom. The molecule has 1 aliphatic rings. The van der Waals surface area contributed by atoms with Crippen LogP contribution in [-0.2, 0) is 15.0 Å². The van der Waals surface area contributed by atoms with Crippen molar-refractivity contribution in [1.82, 2.24) is 4.98 Å². The standard InChI is InChI=1S/C20H22F2N4O4.ClH/c1-28-7-8-30-15-5-6-16(24-10-15)18(27)25-14-4-2-3-13(9-14)20(19(21)22)12-29-11-17(23)26-20;/h2-6,9-10,19H,7-8,11-12H2,1H3,(H2,23,26)(H,25,27);1H. The molecule has 0 saturated carbocycles. The Hall–Kier alpha value is -2.82. The second-order valence-electron chi connectivity index (χ2n) is 6.58. The van der Waals surface area contributed by atoms with E-state index in [9.17, 15) is 13.6 Å². The maximum Gasteiger partial charge on any atom is 0.274 e. The summed E-state index contributed by atoms with van der Waals surface area (Å²) in [6.45, 7) is 0.481. The number of aliphatic imine (C=N–C) groups is 1. The monoisotopic (exact) mass is 456 g/mol. The Morgan fingerprint density at radius 1 is 1.32 bits per heavy atom. The minimum Gasteiger partial charge on any atom is -0.490 e. The number of benzene rings is 1. The van der Waals surface area contributed by atoms with E-state index in [4.69, 9.17) is 19.9 Å². The van der Waals surface area contributed by atoms with Crippen LogP contribution in [-0.4, -0.2) is 56.7 Å². The van der Waals surface area contributed by atoms with Crippen LogP contribution >= 0.6 is 12.4 Å². The molecule has 0 bridgehead atoms. The van der Waals surface area contributed by atoms with E-state index in [-0.39, 0.29) is 42.7 Å². The van der Waals surface area contributed by atoms with Crippen LogP contribution in [0.15, 0.2) is 47.6 Å². The molecule has 1 aromatic heterocycles. The molecule has 1 unspecified atom stereocenters. The molecule has 0 saturated heterocycles. The average Bonchev–Trinajstić information content (AvgIpc) is 2.74. The number of carbonyl (C=O) groups is 1. The molecule has 1 amide bonds. The van der Waals surface area contributed by atoms with E-state index < -0.39 is 17.9 Å². The summed E-state index contributed by atoms with van der Waals surface area (Å²) in [5, 5.41) is 2.65. The lowest BCUT2D eigenvalue weighted by atomic mass is 9.90. The first kappa shape index (κ1) is 24.4. The Balaban J connectivity index is 0.00000341. The van der Waals surface area contributed by atoms with E-state index in [0.717, 1.165) is 0 Å². The van der Waals surface area contributed by atoms with E-state index in [0.29, 0.717) is 24.7 Å². The molecule has 3 rings (SSSR count). The normalized spacial score (nSPS) is 18.1. The summed E-state index contributed by atoms with van der Waals surface area (Å²) in [4.78, 5) is 20.5. The van der Waals surface area contributed by atoms with Gasteiger partial charge >= 0.3 is 0 Å². The van der Waals surface area contributed by atoms with Gasteiger partial charge in [0, 0.05) is 12.8 Å². The average molecular weight is 457 g/mol. The van der Waals surface area contributed by atoms with Gasteiger partial charge in [0.1, 0.15) is 30.5 Å². The molecule has 8 nitrogen and oxygen atoms in total. The molecule has 1 atom stereocenters. The third-order valence-corrected chi connectivity index (χ3v) is 4.42. The summed E-state index contributed by atoms with van der Waals surface area (Å²) in [5.41, 5.74) is 4.36. The van der Waals surface area contributed by atoms with Crippen molar-refractivity contribution in [2.24, 2.45) is 10.7 Å². The summed E-state index contributed by atoms with van der Waals surface area (Å²) < 4.78 is 43.3. The van der Waals surface area contributed by atoms with Crippen molar-refractivity contribution in [2.45, 2.75) is 12.0 Å². The molecule has 0 radical (unpaired) electrons. The van der Waals surface area contributed by atoms with Crippen molar-refractivity contribution < 1.29 is 27.8 Å². The van der Waals surface area contributed by atoms with E-state index in [2.05, 4.69) is 15.3 Å². The zero-order valence-corrected chi connectivity index (χ0v) is 17.5. The van der Waals surface area contributed by atoms with Crippen molar-refractivity contribution >= 4 is 29.8 Å². The molecule has 2 heterocycles. The summed E-state index contributed by atoms with van der Waals surface area (Å²) >= 11 is 0. The summed E-state index contributed by atoms with van der Waals surface area (Å²) in [5.74, 6) is -0.00480. The number of methoxy groups -OCH3 is 1. The van der Waals surface area contributed by atoms with Crippen LogP contribution in [0, 0.1) is 0 Å². The number of hydrogen-bond acceptors (Lipinski definition) is 7. The molecular formula is C20H23ClF2N4O4. The van der Waals surface area contributed by atoms with Gasteiger partial charge in [0.15, 0.2) is 5.54 Å². The van der Waals surface area contributed by atoms with E-state index in [1.165, 1.54) is 24.4 Å². The number of hydrogen-bond donors (Lipinski definition) is 2. The third kappa shape index (κ3) is 5.87. The van der Waals surface area contributed by atoms with Gasteiger partial charge in [-0.1, -0.05) is 12.1 Å². The number of aromatic nitrogens is 1. The van der Waals surface area contributed by atoms with Gasteiger partial charge in [-0.2, -0.15) is 0 Å². The van der Waals surface area contributed by atoms with Crippen molar-refractivity contribution in [3.05, 3.63) is 53.9 Å². The van der Waals surface area contributed by atoms with Gasteiger partial charge in [-0.25, -0.2) is 13.8 Å². The fourth-order valence-corrected chi connectivity index (χ4v) is 2.92. The number of amidine groups is 1. The Labute approximate surface area is 184 Å². The molecular weight excluding hydrogens is 434 g/mol. The van der Waals surface area contributed by atoms with Crippen LogP contribution < -0.4 is 15.8 Å². The largest absolute Gasteiger partial charge is 0.490 e. The molecule has 2 aromatic rings. The lowest BCUT2D eigenvalue weighted by Gasteiger charge is -2.33. The SMILES string of the molecule is COCCOc1ccc(C(=O)Nc2cccc(C3(C(F)F)COCC(N)=N3)c2)nc1.Cl. The van der Waals surface area contributed by atoms with Gasteiger partial charge in [0.05, 0.1) is 19.4 Å². The van der Waals surface area contributed by atoms with Gasteiger partial charge in [0.25, 0.3) is 12.3 Å². The maximum absolute atomic E-state index is 13.9. The smallest absolute Gasteiger partial charge is 0.274 e. The fourth-order valence-electron chi connectivity index (χ4n) is 2.92. The van der Waals surface area contributed by atoms with Crippen molar-refractivity contribution in [1.29, 1.82) is 0 Å². The maximum atomic E-state index is 13.9. The highest BCUT2D eigenvalue weighted by molar-refractivity contribution is 6.02. The molecule has 0 fully saturated rings. The van der Waals surface area contributed by atoms with Crippen LogP contribution in [0.1, 0.15) is 16.1 Å². The van der Waals surface area contributed by atoms with E-state index in [1.54, 1.807) is 25.3 Å². The van der Waals surface area contributed by atoms with Gasteiger partial charge in [0.2, 0.25) is 0 Å². The summed E-state index contributed by atoms with van der Waals surface area (Å²) in [6.07, 6.45) is -1.42. The minimum absolute atomic E-state index is 0. The highest BCUT2D eigenvalue weighted by Crippen LogP contribution is 2.36. The number of nitrogens with zero attached hydrogens (tertiary/aromatic N) is 2. The van der Waals surface area contributed by atoms with Gasteiger partial charge in [-0.15, -0.1) is 12.4 Å². The number of nitrogens with two attached hydrogens (primary N) is 1. The number of pyridine rings is 1. The van der Waals surface area contributed by atoms with Crippen LogP contribution in [0.4, 0.5) is 14.5 Å². The number of carbonyl (C=O) groups excluding carboxylic acids is 1. The van der Waals surface area contributed by atoms with E-state index >= 15 is 0 Å². The minimum atomic E-state index is -2.84. The molecule has 11 heteroatoms. The predicted octanol–water partition coefficient (Wildman–Crippen LogP) is 2.63. The highest BCUT2D eigenvalue weighted by Gasteiger charge is 2.44. The number of amides is 1. The van der Waals surface area contributed by atoms with Crippen LogP contribution in [0.3, 0.4) is 0 Å². The second kappa shape index (κ2) is 11.0. The number of rotatable bonds is 8. The molecule has 0 spiro atoms. The Morgan fingerprint density at radius 2 is 2.13 bits per heavy atom. The highest BCUT2D eigenvalue weighted by atomic mass is 35.5. The molecule has 3 N–H and O–H groups in total. The first-order valence-corrected chi connectivity index (χ1v) is 9.14. The molecule has 31 heavy (non-hydrogen) atoms. The number of anilines is 1. The number of halogens is 3. The fraction of sp³-hybridized carbons (Fsp3) is 0.350. The number of nitrogens with one attached hydrogen (secondary N) is 1. The zero-order valence-electron chi connectivity index (χ0n) is 16.7. The Kier molecular flexibility index (Phi) is 8.66. The number of alkyl halides is 2. The first-order chi connectivity index (χ1) is 14.4. The van der Waals surface area contributed by atoms with Gasteiger partial charge < -0.3 is 25.3 Å². The van der Waals surface area contributed by atoms with Crippen LogP contribution in [0.2, 0.25) is 0 Å². The molecule has 0 aliphatic carbocycles. The van der Waals surface area contributed by atoms with E-state index in [1.807, 2.05) is 0 Å². The van der Waals surface area contributed by atoms with Crippen molar-refractivity contribution in [3.8, 4) is 5.75 Å². The van der Waals surface area contributed by atoms with Gasteiger partial charge in [-0.05, 0) is 29.8 Å². The van der Waals surface area contributed by atoms with Crippen molar-refractivity contribution in [3.63, 3.8) is 0 Å². The first-order valence-electron chi connectivity index (χ1n) is 9.14. The van der Waals surface area contributed by atoms with Crippen LogP contribution in [0.25, 0.3) is 0 Å². The Bertz CT molecular complexity index is 914. The summed E-state index contributed by atoms with van der Waals surface area (Å²) in [6, 6.07) is 9.17. The lowest BCUT2D eigenvalue weighted by Crippen LogP contribution is -2.44. The summed E-state index contributed by atoms with van der Waals surface area (Å²) in [7, 11) is 1.57. The van der Waals surface area contributed by atoms with Crippen LogP contribution in [0.5, 0.6) is 5.75 Å². The molecule has 1 aliphatic heterocycles. The lowest BCUT2D eigenvalue weighted by molar-refractivity contribution is -0.0129. The number of ether oxygens (including phenoxy) is 3. The molecule has 1 aromatic carbocycles.